The molecule has 132 valence electrons. The van der Waals surface area contributed by atoms with E-state index in [0.717, 1.165) is 0 Å². The van der Waals surface area contributed by atoms with Crippen molar-refractivity contribution in [3.05, 3.63) is 35.2 Å². The van der Waals surface area contributed by atoms with E-state index in [1.807, 2.05) is 13.8 Å². The summed E-state index contributed by atoms with van der Waals surface area (Å²) in [5.41, 5.74) is 1.83. The zero-order chi connectivity index (χ0) is 18.4. The van der Waals surface area contributed by atoms with Gasteiger partial charge in [-0.3, -0.25) is 9.59 Å². The molecule has 1 amide bonds. The van der Waals surface area contributed by atoms with E-state index < -0.39 is 5.97 Å². The zero-order valence-electron chi connectivity index (χ0n) is 15.1. The average Bonchev–Trinajstić information content (AvgIpc) is 2.80. The number of amides is 1. The third-order valence-corrected chi connectivity index (χ3v) is 3.73. The van der Waals surface area contributed by atoms with Gasteiger partial charge in [0.2, 0.25) is 5.91 Å². The van der Waals surface area contributed by atoms with Gasteiger partial charge in [-0.05, 0) is 25.3 Å². The largest absolute Gasteiger partial charge is 0.464 e. The number of H-pyrrole nitrogens is 1. The van der Waals surface area contributed by atoms with E-state index in [4.69, 9.17) is 4.74 Å². The molecule has 0 fully saturated rings. The summed E-state index contributed by atoms with van der Waals surface area (Å²) >= 11 is 0. The summed E-state index contributed by atoms with van der Waals surface area (Å²) in [4.78, 5) is 41.1. The Morgan fingerprint density at radius 1 is 1.29 bits per heavy atom. The van der Waals surface area contributed by atoms with Crippen molar-refractivity contribution in [3.63, 3.8) is 0 Å². The molecule has 0 saturated carbocycles. The van der Waals surface area contributed by atoms with E-state index in [1.54, 1.807) is 19.9 Å². The van der Waals surface area contributed by atoms with Gasteiger partial charge in [-0.25, -0.2) is 4.79 Å². The van der Waals surface area contributed by atoms with Gasteiger partial charge in [0.1, 0.15) is 5.69 Å². The predicted molar refractivity (Wildman–Crippen MR) is 92.2 cm³/mol. The Bertz CT molecular complexity index is 644. The Morgan fingerprint density at radius 2 is 1.92 bits per heavy atom. The lowest BCUT2D eigenvalue weighted by atomic mass is 10.0. The lowest BCUT2D eigenvalue weighted by Gasteiger charge is -2.21. The molecule has 0 bridgehead atoms. The molecule has 0 aromatic carbocycles. The first kappa shape index (κ1) is 19.7. The van der Waals surface area contributed by atoms with Crippen molar-refractivity contribution >= 4 is 17.7 Å². The van der Waals surface area contributed by atoms with E-state index in [2.05, 4.69) is 11.6 Å². The number of Topliss-reactive ketones (excluding diaryl/α,β-unsaturated/α-hetero) is 1. The normalized spacial score (nSPS) is 10.6. The zero-order valence-corrected chi connectivity index (χ0v) is 15.1. The van der Waals surface area contributed by atoms with Crippen molar-refractivity contribution in [1.82, 2.24) is 9.88 Å². The van der Waals surface area contributed by atoms with Crippen LogP contribution in [-0.2, 0) is 9.53 Å². The second-order valence-corrected chi connectivity index (χ2v) is 6.20. The van der Waals surface area contributed by atoms with Crippen LogP contribution < -0.4 is 0 Å². The molecule has 0 saturated heterocycles. The maximum Gasteiger partial charge on any atom is 0.354 e. The average molecular weight is 334 g/mol. The minimum absolute atomic E-state index is 0.0439. The topological polar surface area (TPSA) is 79.5 Å². The number of methoxy groups -OCH3 is 1. The van der Waals surface area contributed by atoms with Crippen LogP contribution >= 0.6 is 0 Å². The highest BCUT2D eigenvalue weighted by Crippen LogP contribution is 2.20. The number of nitrogens with zero attached hydrogens (tertiary/aromatic N) is 1. The number of esters is 1. The fourth-order valence-corrected chi connectivity index (χ4v) is 2.62. The first-order chi connectivity index (χ1) is 11.2. The number of hydrogen-bond donors (Lipinski definition) is 1. The van der Waals surface area contributed by atoms with Crippen LogP contribution in [0, 0.1) is 19.8 Å². The molecule has 0 atom stereocenters. The van der Waals surface area contributed by atoms with Gasteiger partial charge in [-0.1, -0.05) is 19.9 Å². The van der Waals surface area contributed by atoms with Crippen molar-refractivity contribution in [1.29, 1.82) is 0 Å². The fraction of sp³-hybridized carbons (Fsp3) is 0.500. The van der Waals surface area contributed by atoms with Crippen LogP contribution in [-0.4, -0.2) is 47.7 Å². The van der Waals surface area contributed by atoms with Crippen molar-refractivity contribution in [2.24, 2.45) is 5.92 Å². The summed E-state index contributed by atoms with van der Waals surface area (Å²) in [5, 5.41) is 0. The van der Waals surface area contributed by atoms with Crippen LogP contribution in [0.2, 0.25) is 0 Å². The molecule has 6 nitrogen and oxygen atoms in total. The van der Waals surface area contributed by atoms with Crippen LogP contribution in [0.3, 0.4) is 0 Å². The molecule has 0 radical (unpaired) electrons. The van der Waals surface area contributed by atoms with Crippen LogP contribution in [0.1, 0.15) is 52.4 Å². The molecule has 0 aliphatic carbocycles. The van der Waals surface area contributed by atoms with Crippen LogP contribution in [0.25, 0.3) is 0 Å². The number of aromatic amines is 1. The first-order valence-electron chi connectivity index (χ1n) is 7.92. The number of carbonyl (C=O) groups excluding carboxylic acids is 3. The SMILES string of the molecule is C=CCN(CC(=O)c1c(C)[nH]c(C(=O)OC)c1C)C(=O)CC(C)C. The molecule has 1 aromatic heterocycles. The Morgan fingerprint density at radius 3 is 2.42 bits per heavy atom. The molecule has 1 heterocycles. The fourth-order valence-electron chi connectivity index (χ4n) is 2.62. The maximum absolute atomic E-state index is 12.7. The van der Waals surface area contributed by atoms with E-state index >= 15 is 0 Å². The monoisotopic (exact) mass is 334 g/mol. The summed E-state index contributed by atoms with van der Waals surface area (Å²) < 4.78 is 4.71. The van der Waals surface area contributed by atoms with Gasteiger partial charge in [0.15, 0.2) is 5.78 Å². The van der Waals surface area contributed by atoms with Gasteiger partial charge < -0.3 is 14.6 Å². The van der Waals surface area contributed by atoms with Crippen LogP contribution in [0.15, 0.2) is 12.7 Å². The summed E-state index contributed by atoms with van der Waals surface area (Å²) in [6.07, 6.45) is 1.97. The number of aromatic nitrogens is 1. The highest BCUT2D eigenvalue weighted by Gasteiger charge is 2.25. The number of aryl methyl sites for hydroxylation is 1. The lowest BCUT2D eigenvalue weighted by molar-refractivity contribution is -0.131. The molecule has 0 spiro atoms. The quantitative estimate of drug-likeness (QED) is 0.450. The third kappa shape index (κ3) is 4.57. The van der Waals surface area contributed by atoms with Gasteiger partial charge in [-0.15, -0.1) is 6.58 Å². The third-order valence-electron chi connectivity index (χ3n) is 3.73. The molecule has 0 unspecified atom stereocenters. The first-order valence-corrected chi connectivity index (χ1v) is 7.92. The van der Waals surface area contributed by atoms with Gasteiger partial charge in [0, 0.05) is 24.2 Å². The van der Waals surface area contributed by atoms with Crippen LogP contribution in [0.4, 0.5) is 0 Å². The molecule has 1 N–H and O–H groups in total. The van der Waals surface area contributed by atoms with E-state index in [0.29, 0.717) is 29.8 Å². The maximum atomic E-state index is 12.7. The second kappa shape index (κ2) is 8.47. The molecule has 0 aliphatic heterocycles. The predicted octanol–water partition coefficient (Wildman–Crippen LogP) is 2.66. The Balaban J connectivity index is 3.04. The Hall–Kier alpha value is -2.37. The van der Waals surface area contributed by atoms with Gasteiger partial charge in [0.05, 0.1) is 13.7 Å². The number of ketones is 1. The molecule has 1 aromatic rings. The molecule has 0 aliphatic rings. The van der Waals surface area contributed by atoms with Crippen molar-refractivity contribution in [3.8, 4) is 0 Å². The van der Waals surface area contributed by atoms with E-state index in [-0.39, 0.29) is 29.8 Å². The smallest absolute Gasteiger partial charge is 0.354 e. The van der Waals surface area contributed by atoms with Gasteiger partial charge >= 0.3 is 5.97 Å². The Labute approximate surface area is 142 Å². The van der Waals surface area contributed by atoms with Gasteiger partial charge in [0.25, 0.3) is 0 Å². The number of carbonyl (C=O) groups is 3. The van der Waals surface area contributed by atoms with E-state index in [9.17, 15) is 14.4 Å². The minimum Gasteiger partial charge on any atom is -0.464 e. The second-order valence-electron chi connectivity index (χ2n) is 6.20. The highest BCUT2D eigenvalue weighted by molar-refractivity contribution is 6.04. The number of ether oxygens (including phenoxy) is 1. The van der Waals surface area contributed by atoms with E-state index in [1.165, 1.54) is 12.0 Å². The van der Waals surface area contributed by atoms with Crippen LogP contribution in [0.5, 0.6) is 0 Å². The summed E-state index contributed by atoms with van der Waals surface area (Å²) in [6, 6.07) is 0. The summed E-state index contributed by atoms with van der Waals surface area (Å²) in [6.45, 7) is 11.2. The van der Waals surface area contributed by atoms with Crippen molar-refractivity contribution < 1.29 is 19.1 Å². The summed E-state index contributed by atoms with van der Waals surface area (Å²) in [7, 11) is 1.29. The molecule has 24 heavy (non-hydrogen) atoms. The Kier molecular flexibility index (Phi) is 6.95. The highest BCUT2D eigenvalue weighted by atomic mass is 16.5. The molecular weight excluding hydrogens is 308 g/mol. The van der Waals surface area contributed by atoms with Crippen molar-refractivity contribution in [2.45, 2.75) is 34.1 Å². The number of rotatable bonds is 8. The molecule has 1 rings (SSSR count). The molecular formula is C18H26N2O4. The number of nitrogens with one attached hydrogen (secondary N) is 1. The lowest BCUT2D eigenvalue weighted by Crippen LogP contribution is -2.36. The standard InChI is InChI=1S/C18H26N2O4/c1-7-8-20(15(22)9-11(2)3)10-14(21)16-12(4)17(18(23)24-6)19-13(16)5/h7,11,19H,1,8-10H2,2-6H3. The number of hydrogen-bond acceptors (Lipinski definition) is 4. The summed E-state index contributed by atoms with van der Waals surface area (Å²) in [5.74, 6) is -0.609. The van der Waals surface area contributed by atoms with Gasteiger partial charge in [-0.2, -0.15) is 0 Å². The molecule has 6 heteroatoms. The minimum atomic E-state index is -0.520. The van der Waals surface area contributed by atoms with Crippen molar-refractivity contribution in [2.75, 3.05) is 20.2 Å².